The molecule has 2 heterocycles. The van der Waals surface area contributed by atoms with Crippen molar-refractivity contribution >= 4 is 17.2 Å². The van der Waals surface area contributed by atoms with E-state index in [0.717, 1.165) is 39.7 Å². The minimum Gasteiger partial charge on any atom is -0.340 e. The second kappa shape index (κ2) is 6.06. The van der Waals surface area contributed by atoms with Gasteiger partial charge in [-0.3, -0.25) is 0 Å². The first-order chi connectivity index (χ1) is 12.1. The van der Waals surface area contributed by atoms with Crippen molar-refractivity contribution in [1.82, 2.24) is 14.6 Å². The molecule has 0 aliphatic carbocycles. The maximum absolute atomic E-state index is 4.75. The molecule has 1 N–H and O–H groups in total. The van der Waals surface area contributed by atoms with Gasteiger partial charge in [-0.2, -0.15) is 9.61 Å². The molecule has 4 aromatic rings. The molecular weight excluding hydrogens is 308 g/mol. The number of aromatic nitrogens is 3. The zero-order valence-corrected chi connectivity index (χ0v) is 14.6. The molecule has 0 amide bonds. The summed E-state index contributed by atoms with van der Waals surface area (Å²) in [7, 11) is 0. The van der Waals surface area contributed by atoms with Crippen molar-refractivity contribution in [2.75, 3.05) is 5.32 Å². The van der Waals surface area contributed by atoms with Gasteiger partial charge >= 0.3 is 0 Å². The highest BCUT2D eigenvalue weighted by Crippen LogP contribution is 2.29. The standard InChI is InChI=1S/C21H20N4/c1-14-8-7-11-18(12-14)23-19-13-15(2)22-21-20(16(3)24-25(19)21)17-9-5-4-6-10-17/h4-13,23H,1-3H3. The molecule has 124 valence electrons. The number of nitrogens with zero attached hydrogens (tertiary/aromatic N) is 3. The van der Waals surface area contributed by atoms with Gasteiger partial charge in [-0.05, 0) is 44.0 Å². The SMILES string of the molecule is Cc1cccc(Nc2cc(C)nc3c(-c4ccccc4)c(C)nn23)c1. The average molecular weight is 328 g/mol. The summed E-state index contributed by atoms with van der Waals surface area (Å²) in [5.41, 5.74) is 7.27. The van der Waals surface area contributed by atoms with Crippen LogP contribution in [-0.4, -0.2) is 14.6 Å². The average Bonchev–Trinajstić information content (AvgIpc) is 2.92. The van der Waals surface area contributed by atoms with Gasteiger partial charge in [0.05, 0.1) is 5.69 Å². The highest BCUT2D eigenvalue weighted by atomic mass is 15.3. The number of aryl methyl sites for hydroxylation is 3. The summed E-state index contributed by atoms with van der Waals surface area (Å²) in [6, 6.07) is 20.6. The quantitative estimate of drug-likeness (QED) is 0.571. The zero-order chi connectivity index (χ0) is 17.4. The lowest BCUT2D eigenvalue weighted by atomic mass is 10.1. The van der Waals surface area contributed by atoms with Gasteiger partial charge < -0.3 is 5.32 Å². The Bertz CT molecular complexity index is 1050. The number of hydrogen-bond acceptors (Lipinski definition) is 3. The van der Waals surface area contributed by atoms with E-state index in [1.54, 1.807) is 0 Å². The number of anilines is 2. The lowest BCUT2D eigenvalue weighted by Gasteiger charge is -2.10. The maximum atomic E-state index is 4.75. The predicted molar refractivity (Wildman–Crippen MR) is 102 cm³/mol. The van der Waals surface area contributed by atoms with Gasteiger partial charge in [-0.15, -0.1) is 0 Å². The fraction of sp³-hybridized carbons (Fsp3) is 0.143. The molecule has 0 saturated carbocycles. The van der Waals surface area contributed by atoms with Crippen LogP contribution in [-0.2, 0) is 0 Å². The zero-order valence-electron chi connectivity index (χ0n) is 14.6. The molecule has 25 heavy (non-hydrogen) atoms. The molecule has 0 aliphatic heterocycles. The topological polar surface area (TPSA) is 42.2 Å². The Labute approximate surface area is 147 Å². The molecule has 4 rings (SSSR count). The van der Waals surface area contributed by atoms with E-state index in [2.05, 4.69) is 42.6 Å². The van der Waals surface area contributed by atoms with Crippen molar-refractivity contribution in [3.05, 3.63) is 77.6 Å². The molecule has 0 atom stereocenters. The molecule has 2 aromatic heterocycles. The number of hydrogen-bond donors (Lipinski definition) is 1. The molecule has 0 spiro atoms. The lowest BCUT2D eigenvalue weighted by Crippen LogP contribution is -2.02. The van der Waals surface area contributed by atoms with Crippen LogP contribution < -0.4 is 5.32 Å². The summed E-state index contributed by atoms with van der Waals surface area (Å²) < 4.78 is 1.90. The normalized spacial score (nSPS) is 11.0. The highest BCUT2D eigenvalue weighted by molar-refractivity contribution is 5.81. The van der Waals surface area contributed by atoms with Crippen molar-refractivity contribution < 1.29 is 0 Å². The fourth-order valence-corrected chi connectivity index (χ4v) is 3.15. The minimum absolute atomic E-state index is 0.874. The van der Waals surface area contributed by atoms with Gasteiger partial charge in [0, 0.05) is 23.0 Å². The van der Waals surface area contributed by atoms with Crippen LogP contribution in [0.1, 0.15) is 17.0 Å². The first-order valence-corrected chi connectivity index (χ1v) is 8.38. The highest BCUT2D eigenvalue weighted by Gasteiger charge is 2.15. The fourth-order valence-electron chi connectivity index (χ4n) is 3.15. The first-order valence-electron chi connectivity index (χ1n) is 8.38. The van der Waals surface area contributed by atoms with Crippen molar-refractivity contribution in [2.45, 2.75) is 20.8 Å². The molecule has 0 fully saturated rings. The Hall–Kier alpha value is -3.14. The molecule has 4 nitrogen and oxygen atoms in total. The summed E-state index contributed by atoms with van der Waals surface area (Å²) >= 11 is 0. The molecule has 0 radical (unpaired) electrons. The van der Waals surface area contributed by atoms with Crippen LogP contribution in [0.15, 0.2) is 60.7 Å². The summed E-state index contributed by atoms with van der Waals surface area (Å²) in [6.07, 6.45) is 0. The molecular formula is C21H20N4. The number of nitrogens with one attached hydrogen (secondary N) is 1. The smallest absolute Gasteiger partial charge is 0.165 e. The van der Waals surface area contributed by atoms with Crippen LogP contribution >= 0.6 is 0 Å². The second-order valence-electron chi connectivity index (χ2n) is 6.34. The Balaban J connectivity index is 1.89. The van der Waals surface area contributed by atoms with E-state index in [9.17, 15) is 0 Å². The lowest BCUT2D eigenvalue weighted by molar-refractivity contribution is 0.917. The number of rotatable bonds is 3. The monoisotopic (exact) mass is 328 g/mol. The summed E-state index contributed by atoms with van der Waals surface area (Å²) in [4.78, 5) is 4.75. The minimum atomic E-state index is 0.874. The summed E-state index contributed by atoms with van der Waals surface area (Å²) in [5, 5.41) is 8.22. The van der Waals surface area contributed by atoms with E-state index in [0.29, 0.717) is 0 Å². The van der Waals surface area contributed by atoms with E-state index in [-0.39, 0.29) is 0 Å². The molecule has 4 heteroatoms. The van der Waals surface area contributed by atoms with Gasteiger partial charge in [0.25, 0.3) is 0 Å². The number of fused-ring (bicyclic) bond motifs is 1. The van der Waals surface area contributed by atoms with Crippen LogP contribution in [0.3, 0.4) is 0 Å². The third-order valence-corrected chi connectivity index (χ3v) is 4.25. The van der Waals surface area contributed by atoms with Crippen LogP contribution in [0.4, 0.5) is 11.5 Å². The van der Waals surface area contributed by atoms with Crippen molar-refractivity contribution in [2.24, 2.45) is 0 Å². The Morgan fingerprint density at radius 2 is 1.68 bits per heavy atom. The van der Waals surface area contributed by atoms with E-state index in [1.807, 2.05) is 48.7 Å². The third-order valence-electron chi connectivity index (χ3n) is 4.25. The molecule has 0 bridgehead atoms. The van der Waals surface area contributed by atoms with Crippen LogP contribution in [0.5, 0.6) is 0 Å². The largest absolute Gasteiger partial charge is 0.340 e. The Morgan fingerprint density at radius 1 is 0.880 bits per heavy atom. The first kappa shape index (κ1) is 15.4. The van der Waals surface area contributed by atoms with Crippen LogP contribution in [0.2, 0.25) is 0 Å². The van der Waals surface area contributed by atoms with Gasteiger partial charge in [0.15, 0.2) is 5.65 Å². The maximum Gasteiger partial charge on any atom is 0.165 e. The van der Waals surface area contributed by atoms with Gasteiger partial charge in [-0.25, -0.2) is 4.98 Å². The van der Waals surface area contributed by atoms with E-state index in [1.165, 1.54) is 5.56 Å². The number of benzene rings is 2. The molecule has 0 saturated heterocycles. The third kappa shape index (κ3) is 2.87. The Morgan fingerprint density at radius 3 is 2.44 bits per heavy atom. The van der Waals surface area contributed by atoms with E-state index in [4.69, 9.17) is 10.1 Å². The molecule has 2 aromatic carbocycles. The van der Waals surface area contributed by atoms with Crippen molar-refractivity contribution in [1.29, 1.82) is 0 Å². The predicted octanol–water partition coefficient (Wildman–Crippen LogP) is 5.07. The van der Waals surface area contributed by atoms with Crippen molar-refractivity contribution in [3.63, 3.8) is 0 Å². The summed E-state index contributed by atoms with van der Waals surface area (Å²) in [5.74, 6) is 0.915. The molecule has 0 aliphatic rings. The van der Waals surface area contributed by atoms with Gasteiger partial charge in [0.1, 0.15) is 5.82 Å². The van der Waals surface area contributed by atoms with Gasteiger partial charge in [-0.1, -0.05) is 42.5 Å². The molecule has 0 unspecified atom stereocenters. The Kier molecular flexibility index (Phi) is 3.73. The van der Waals surface area contributed by atoms with E-state index < -0.39 is 0 Å². The van der Waals surface area contributed by atoms with Gasteiger partial charge in [0.2, 0.25) is 0 Å². The van der Waals surface area contributed by atoms with Crippen molar-refractivity contribution in [3.8, 4) is 11.1 Å². The second-order valence-corrected chi connectivity index (χ2v) is 6.34. The van der Waals surface area contributed by atoms with Crippen LogP contribution in [0.25, 0.3) is 16.8 Å². The summed E-state index contributed by atoms with van der Waals surface area (Å²) in [6.45, 7) is 6.13. The van der Waals surface area contributed by atoms with E-state index >= 15 is 0 Å². The van der Waals surface area contributed by atoms with Crippen LogP contribution in [0, 0.1) is 20.8 Å².